The Balaban J connectivity index is 1.71. The Kier molecular flexibility index (Phi) is 4.74. The van der Waals surface area contributed by atoms with Crippen molar-refractivity contribution >= 4 is 22.8 Å². The molecule has 3 aromatic heterocycles. The molecular formula is C16H15F3N6O. The van der Waals surface area contributed by atoms with Gasteiger partial charge in [0.2, 0.25) is 0 Å². The topological polar surface area (TPSA) is 84.7 Å². The van der Waals surface area contributed by atoms with E-state index in [1.807, 2.05) is 13.0 Å². The van der Waals surface area contributed by atoms with Gasteiger partial charge in [-0.3, -0.25) is 10.3 Å². The van der Waals surface area contributed by atoms with E-state index in [4.69, 9.17) is 0 Å². The first-order valence-corrected chi connectivity index (χ1v) is 7.70. The summed E-state index contributed by atoms with van der Waals surface area (Å²) in [5.41, 5.74) is 2.38. The predicted molar refractivity (Wildman–Crippen MR) is 89.1 cm³/mol. The minimum atomic E-state index is -4.32. The maximum atomic E-state index is 12.1. The fourth-order valence-corrected chi connectivity index (χ4v) is 2.34. The number of pyridine rings is 2. The van der Waals surface area contributed by atoms with E-state index in [1.165, 1.54) is 6.20 Å². The molecule has 3 rings (SSSR count). The number of hydrogen-bond acceptors (Lipinski definition) is 4. The molecule has 10 heteroatoms. The lowest BCUT2D eigenvalue weighted by molar-refractivity contribution is -0.132. The van der Waals surface area contributed by atoms with Gasteiger partial charge in [-0.2, -0.15) is 18.3 Å². The molecule has 0 saturated carbocycles. The molecule has 2 amide bonds. The van der Waals surface area contributed by atoms with Crippen molar-refractivity contribution in [3.63, 3.8) is 0 Å². The first kappa shape index (κ1) is 17.6. The van der Waals surface area contributed by atoms with Gasteiger partial charge >= 0.3 is 12.2 Å². The highest BCUT2D eigenvalue weighted by Gasteiger charge is 2.26. The van der Waals surface area contributed by atoms with Crippen LogP contribution >= 0.6 is 0 Å². The summed E-state index contributed by atoms with van der Waals surface area (Å²) in [7, 11) is 0. The molecule has 3 aromatic rings. The van der Waals surface area contributed by atoms with Gasteiger partial charge in [0.1, 0.15) is 5.82 Å². The van der Waals surface area contributed by atoms with Crippen molar-refractivity contribution in [2.24, 2.45) is 0 Å². The number of hydrogen-bond donors (Lipinski definition) is 2. The van der Waals surface area contributed by atoms with E-state index in [9.17, 15) is 18.0 Å². The van der Waals surface area contributed by atoms with Crippen LogP contribution in [0.2, 0.25) is 0 Å². The number of carbonyl (C=O) groups excluding carboxylic acids is 1. The summed E-state index contributed by atoms with van der Waals surface area (Å²) in [4.78, 5) is 19.9. The van der Waals surface area contributed by atoms with Crippen molar-refractivity contribution in [2.75, 3.05) is 11.9 Å². The summed E-state index contributed by atoms with van der Waals surface area (Å²) in [5, 5.41) is 9.56. The molecule has 0 fully saturated rings. The quantitative estimate of drug-likeness (QED) is 0.745. The summed E-state index contributed by atoms with van der Waals surface area (Å²) >= 11 is 0. The zero-order valence-electron chi connectivity index (χ0n) is 13.7. The molecule has 0 aliphatic heterocycles. The lowest BCUT2D eigenvalue weighted by atomic mass is 10.3. The van der Waals surface area contributed by atoms with E-state index in [0.29, 0.717) is 0 Å². The van der Waals surface area contributed by atoms with Gasteiger partial charge in [0.25, 0.3) is 0 Å². The van der Waals surface area contributed by atoms with E-state index < -0.39 is 25.2 Å². The van der Waals surface area contributed by atoms with Crippen LogP contribution in [-0.2, 0) is 0 Å². The number of rotatable bonds is 4. The van der Waals surface area contributed by atoms with Crippen molar-refractivity contribution in [1.82, 2.24) is 25.1 Å². The van der Waals surface area contributed by atoms with Gasteiger partial charge in [-0.25, -0.2) is 14.5 Å². The Hall–Kier alpha value is -3.17. The molecule has 0 spiro atoms. The molecule has 0 bridgehead atoms. The molecule has 0 atom stereocenters. The normalized spacial score (nSPS) is 11.5. The molecule has 0 aromatic carbocycles. The van der Waals surface area contributed by atoms with Gasteiger partial charge < -0.3 is 5.32 Å². The molecule has 0 aliphatic rings. The summed E-state index contributed by atoms with van der Waals surface area (Å²) < 4.78 is 37.9. The van der Waals surface area contributed by atoms with Gasteiger partial charge in [0, 0.05) is 23.8 Å². The smallest absolute Gasteiger partial charge is 0.337 e. The number of aromatic nitrogens is 4. The van der Waals surface area contributed by atoms with Crippen LogP contribution < -0.4 is 10.6 Å². The van der Waals surface area contributed by atoms with Crippen LogP contribution in [0.25, 0.3) is 16.6 Å². The lowest BCUT2D eigenvalue weighted by Crippen LogP contribution is -2.32. The first-order chi connectivity index (χ1) is 12.3. The largest absolute Gasteiger partial charge is 0.390 e. The number of alkyl halides is 3. The fourth-order valence-electron chi connectivity index (χ4n) is 2.34. The van der Waals surface area contributed by atoms with Crippen LogP contribution in [0.3, 0.4) is 0 Å². The van der Waals surface area contributed by atoms with Crippen LogP contribution in [0.15, 0.2) is 36.8 Å². The van der Waals surface area contributed by atoms with Crippen molar-refractivity contribution in [3.05, 3.63) is 42.5 Å². The Morgan fingerprint density at radius 1 is 1.23 bits per heavy atom. The van der Waals surface area contributed by atoms with E-state index in [2.05, 4.69) is 25.7 Å². The molecule has 136 valence electrons. The summed E-state index contributed by atoms with van der Waals surface area (Å²) in [6.07, 6.45) is -0.592. The monoisotopic (exact) mass is 364 g/mol. The number of fused-ring (bicyclic) bond motifs is 1. The van der Waals surface area contributed by atoms with Gasteiger partial charge in [-0.05, 0) is 25.1 Å². The molecule has 0 unspecified atom stereocenters. The van der Waals surface area contributed by atoms with E-state index in [-0.39, 0.29) is 5.82 Å². The van der Waals surface area contributed by atoms with Gasteiger partial charge in [-0.1, -0.05) is 0 Å². The molecule has 0 saturated heterocycles. The highest BCUT2D eigenvalue weighted by Crippen LogP contribution is 2.20. The highest BCUT2D eigenvalue weighted by atomic mass is 19.4. The summed E-state index contributed by atoms with van der Waals surface area (Å²) in [5.74, 6) is 0.215. The molecule has 7 nitrogen and oxygen atoms in total. The second kappa shape index (κ2) is 6.98. The SMILES string of the molecule is Cc1cc(-n2ncc3cc(NC(=O)NCCC(F)(F)F)ncc32)ccn1. The van der Waals surface area contributed by atoms with Crippen molar-refractivity contribution in [2.45, 2.75) is 19.5 Å². The second-order valence-corrected chi connectivity index (χ2v) is 5.59. The van der Waals surface area contributed by atoms with Crippen molar-refractivity contribution in [3.8, 4) is 5.69 Å². The Morgan fingerprint density at radius 2 is 2.04 bits per heavy atom. The zero-order chi connectivity index (χ0) is 18.7. The van der Waals surface area contributed by atoms with Crippen LogP contribution in [-0.4, -0.2) is 38.5 Å². The molecule has 26 heavy (non-hydrogen) atoms. The second-order valence-electron chi connectivity index (χ2n) is 5.59. The number of halogens is 3. The Labute approximate surface area is 146 Å². The maximum Gasteiger partial charge on any atom is 0.390 e. The number of aryl methyl sites for hydroxylation is 1. The van der Waals surface area contributed by atoms with Crippen LogP contribution in [0.1, 0.15) is 12.1 Å². The van der Waals surface area contributed by atoms with Gasteiger partial charge in [0.15, 0.2) is 0 Å². The third-order valence-corrected chi connectivity index (χ3v) is 3.51. The Bertz CT molecular complexity index is 937. The number of nitrogens with zero attached hydrogens (tertiary/aromatic N) is 4. The van der Waals surface area contributed by atoms with Crippen LogP contribution in [0, 0.1) is 6.92 Å². The van der Waals surface area contributed by atoms with Gasteiger partial charge in [-0.15, -0.1) is 0 Å². The third-order valence-electron chi connectivity index (χ3n) is 3.51. The number of amides is 2. The third kappa shape index (κ3) is 4.26. The highest BCUT2D eigenvalue weighted by molar-refractivity contribution is 5.91. The Morgan fingerprint density at radius 3 is 2.77 bits per heavy atom. The summed E-state index contributed by atoms with van der Waals surface area (Å²) in [6.45, 7) is 1.36. The van der Waals surface area contributed by atoms with E-state index in [1.54, 1.807) is 29.2 Å². The number of anilines is 1. The fraction of sp³-hybridized carbons (Fsp3) is 0.250. The molecule has 0 radical (unpaired) electrons. The van der Waals surface area contributed by atoms with Gasteiger partial charge in [0.05, 0.1) is 30.0 Å². The van der Waals surface area contributed by atoms with Crippen LogP contribution in [0.4, 0.5) is 23.8 Å². The predicted octanol–water partition coefficient (Wildman–Crippen LogP) is 3.20. The number of carbonyl (C=O) groups is 1. The molecule has 3 heterocycles. The molecule has 2 N–H and O–H groups in total. The van der Waals surface area contributed by atoms with Crippen molar-refractivity contribution < 1.29 is 18.0 Å². The zero-order valence-corrected chi connectivity index (χ0v) is 13.7. The van der Waals surface area contributed by atoms with E-state index >= 15 is 0 Å². The maximum absolute atomic E-state index is 12.1. The molecular weight excluding hydrogens is 349 g/mol. The minimum absolute atomic E-state index is 0.215. The standard InChI is InChI=1S/C16H15F3N6O/c1-10-6-12(2-4-20-10)25-13-9-22-14(7-11(13)8-23-25)24-15(26)21-5-3-16(17,18)19/h2,4,6-9H,3,5H2,1H3,(H2,21,22,24,26). The lowest BCUT2D eigenvalue weighted by Gasteiger charge is -2.09. The van der Waals surface area contributed by atoms with Crippen LogP contribution in [0.5, 0.6) is 0 Å². The van der Waals surface area contributed by atoms with E-state index in [0.717, 1.165) is 22.3 Å². The summed E-state index contributed by atoms with van der Waals surface area (Å²) in [6, 6.07) is 4.51. The van der Waals surface area contributed by atoms with Crippen molar-refractivity contribution in [1.29, 1.82) is 0 Å². The average molecular weight is 364 g/mol. The molecule has 0 aliphatic carbocycles. The first-order valence-electron chi connectivity index (χ1n) is 7.70. The number of nitrogens with one attached hydrogen (secondary N) is 2. The minimum Gasteiger partial charge on any atom is -0.337 e. The number of urea groups is 1. The average Bonchev–Trinajstić information content (AvgIpc) is 2.96.